The minimum atomic E-state index is -4.53. The Hall–Kier alpha value is -5.02. The Balaban J connectivity index is 0.733. The maximum atomic E-state index is 14.1. The molecule has 2 aromatic heterocycles. The molecule has 3 N–H and O–H groups in total. The third kappa shape index (κ3) is 12.8. The molecule has 388 valence electrons. The standard InChI is InChI=1S/C51H72F3N11O6/c1-33(2)61(3)38-12-14-44(65-18-15-42(50(65)69)59-47-39-28-36(51(52,53)54)9-13-41(39)57-32-58-47)43(29-38)60-48(67)34-7-10-37(11-8-34)64-21-19-63(20-22-64)23-25-71-27-26-70-24-17-56-49(68)40-30-45(66)62(4)46(40)35-6-5-16-55-31-35/h5-6,9,13,16,28,31-34,37-38,40,42-44,46H,7-8,10-12,14-15,17-27,29-30H2,1-4H3,(H,56,68)(H,60,67)(H,57,58,59)/t34-,37-,38-,40+,42+,43-,44+,46-/m1/s1. The number of pyridine rings is 1. The molecule has 3 saturated heterocycles. The second-order valence-corrected chi connectivity index (χ2v) is 20.3. The van der Waals surface area contributed by atoms with Crippen molar-refractivity contribution in [1.29, 1.82) is 0 Å². The van der Waals surface area contributed by atoms with E-state index in [1.54, 1.807) is 24.3 Å². The number of rotatable bonds is 19. The van der Waals surface area contributed by atoms with Crippen LogP contribution >= 0.6 is 0 Å². The molecule has 20 heteroatoms. The van der Waals surface area contributed by atoms with E-state index in [1.807, 2.05) is 17.0 Å². The zero-order valence-electron chi connectivity index (χ0n) is 41.6. The van der Waals surface area contributed by atoms with Gasteiger partial charge in [-0.25, -0.2) is 9.97 Å². The van der Waals surface area contributed by atoms with Gasteiger partial charge in [-0.15, -0.1) is 0 Å². The summed E-state index contributed by atoms with van der Waals surface area (Å²) < 4.78 is 52.4. The molecule has 5 aliphatic rings. The molecule has 6 atom stereocenters. The van der Waals surface area contributed by atoms with Crippen LogP contribution in [0.3, 0.4) is 0 Å². The summed E-state index contributed by atoms with van der Waals surface area (Å²) in [5.74, 6) is -0.680. The normalized spacial score (nSPS) is 27.0. The van der Waals surface area contributed by atoms with Crippen LogP contribution in [0.25, 0.3) is 10.9 Å². The van der Waals surface area contributed by atoms with Crippen molar-refractivity contribution in [3.63, 3.8) is 0 Å². The average Bonchev–Trinajstić information content (AvgIpc) is 3.89. The van der Waals surface area contributed by atoms with Crippen molar-refractivity contribution in [2.24, 2.45) is 11.8 Å². The summed E-state index contributed by atoms with van der Waals surface area (Å²) >= 11 is 0. The fourth-order valence-corrected chi connectivity index (χ4v) is 11.5. The van der Waals surface area contributed by atoms with E-state index in [4.69, 9.17) is 9.47 Å². The quantitative estimate of drug-likeness (QED) is 0.145. The van der Waals surface area contributed by atoms with Gasteiger partial charge < -0.3 is 40.1 Å². The fraction of sp³-hybridized carbons (Fsp3) is 0.667. The van der Waals surface area contributed by atoms with Gasteiger partial charge in [-0.1, -0.05) is 6.07 Å². The molecule has 71 heavy (non-hydrogen) atoms. The molecule has 3 aromatic rings. The van der Waals surface area contributed by atoms with Gasteiger partial charge in [-0.2, -0.15) is 13.2 Å². The smallest absolute Gasteiger partial charge is 0.378 e. The zero-order valence-corrected chi connectivity index (χ0v) is 41.6. The number of aromatic nitrogens is 3. The van der Waals surface area contributed by atoms with E-state index in [0.29, 0.717) is 63.5 Å². The molecule has 4 amide bonds. The molecular formula is C51H72F3N11O6. The Bertz CT molecular complexity index is 2280. The van der Waals surface area contributed by atoms with E-state index in [9.17, 15) is 32.3 Å². The van der Waals surface area contributed by atoms with Crippen LogP contribution < -0.4 is 16.0 Å². The summed E-state index contributed by atoms with van der Waals surface area (Å²) in [4.78, 5) is 77.1. The van der Waals surface area contributed by atoms with Gasteiger partial charge in [0.1, 0.15) is 18.2 Å². The van der Waals surface area contributed by atoms with Crippen molar-refractivity contribution in [1.82, 2.24) is 50.1 Å². The summed E-state index contributed by atoms with van der Waals surface area (Å²) in [6.07, 6.45) is 6.65. The predicted molar refractivity (Wildman–Crippen MR) is 261 cm³/mol. The number of fused-ring (bicyclic) bond motifs is 1. The Labute approximate surface area is 414 Å². The highest BCUT2D eigenvalue weighted by Crippen LogP contribution is 2.38. The number of alkyl halides is 3. The average molecular weight is 992 g/mol. The minimum Gasteiger partial charge on any atom is -0.378 e. The molecule has 3 aliphatic heterocycles. The number of likely N-dealkylation sites (tertiary alicyclic amines) is 2. The lowest BCUT2D eigenvalue weighted by Gasteiger charge is -2.45. The van der Waals surface area contributed by atoms with Crippen molar-refractivity contribution in [3.05, 3.63) is 60.2 Å². The number of nitrogens with zero attached hydrogens (tertiary/aromatic N) is 8. The molecule has 2 aliphatic carbocycles. The van der Waals surface area contributed by atoms with Crippen LogP contribution in [0.1, 0.15) is 88.8 Å². The molecule has 5 fully saturated rings. The fourth-order valence-electron chi connectivity index (χ4n) is 11.5. The van der Waals surface area contributed by atoms with E-state index < -0.39 is 23.7 Å². The number of carbonyl (C=O) groups excluding carboxylic acids is 4. The summed E-state index contributed by atoms with van der Waals surface area (Å²) in [5.41, 5.74) is 0.390. The van der Waals surface area contributed by atoms with Gasteiger partial charge in [0.25, 0.3) is 0 Å². The van der Waals surface area contributed by atoms with Crippen LogP contribution in [-0.2, 0) is 34.8 Å². The van der Waals surface area contributed by atoms with Crippen molar-refractivity contribution in [2.75, 3.05) is 91.7 Å². The highest BCUT2D eigenvalue weighted by atomic mass is 19.4. The first-order chi connectivity index (χ1) is 34.2. The Morgan fingerprint density at radius 2 is 1.66 bits per heavy atom. The third-order valence-corrected chi connectivity index (χ3v) is 15.8. The molecule has 0 bridgehead atoms. The lowest BCUT2D eigenvalue weighted by molar-refractivity contribution is -0.137. The van der Waals surface area contributed by atoms with Crippen LogP contribution in [0.4, 0.5) is 19.0 Å². The number of nitrogens with one attached hydrogen (secondary N) is 3. The van der Waals surface area contributed by atoms with Gasteiger partial charge in [-0.3, -0.25) is 34.0 Å². The van der Waals surface area contributed by atoms with Crippen LogP contribution in [-0.4, -0.2) is 186 Å². The van der Waals surface area contributed by atoms with E-state index in [2.05, 4.69) is 66.5 Å². The SMILES string of the molecule is CC(C)N(C)[C@@H]1CC[C@H](N2CC[C@H](Nc3ncnc4ccc(C(F)(F)F)cc34)C2=O)[C@H](NC(=O)[C@H]2CC[C@H](N3CCN(CCOCCOCCNC(=O)[C@H]4CC(=O)N(C)[C@@H]4c4cccnc4)CC3)CC2)C1. The van der Waals surface area contributed by atoms with Crippen LogP contribution in [0, 0.1) is 11.8 Å². The Morgan fingerprint density at radius 1 is 0.901 bits per heavy atom. The number of hydrogen-bond donors (Lipinski definition) is 3. The van der Waals surface area contributed by atoms with E-state index >= 15 is 0 Å². The van der Waals surface area contributed by atoms with Crippen LogP contribution in [0.5, 0.6) is 0 Å². The van der Waals surface area contributed by atoms with Crippen LogP contribution in [0.15, 0.2) is 49.1 Å². The Kier molecular flexibility index (Phi) is 17.4. The third-order valence-electron chi connectivity index (χ3n) is 15.8. The second-order valence-electron chi connectivity index (χ2n) is 20.3. The minimum absolute atomic E-state index is 0.0594. The molecule has 17 nitrogen and oxygen atoms in total. The van der Waals surface area contributed by atoms with E-state index in [0.717, 1.165) is 95.4 Å². The lowest BCUT2D eigenvalue weighted by atomic mass is 9.82. The topological polar surface area (TPSA) is 178 Å². The lowest BCUT2D eigenvalue weighted by Crippen LogP contribution is -2.59. The molecule has 0 spiro atoms. The van der Waals surface area contributed by atoms with Gasteiger partial charge in [0.05, 0.1) is 61.6 Å². The number of piperazine rings is 1. The van der Waals surface area contributed by atoms with Gasteiger partial charge in [0.2, 0.25) is 23.6 Å². The van der Waals surface area contributed by atoms with Crippen molar-refractivity contribution >= 4 is 40.3 Å². The number of ether oxygens (including phenoxy) is 2. The summed E-state index contributed by atoms with van der Waals surface area (Å²) in [5, 5.41) is 9.75. The van der Waals surface area contributed by atoms with Gasteiger partial charge >= 0.3 is 6.18 Å². The molecule has 5 heterocycles. The van der Waals surface area contributed by atoms with Gasteiger partial charge in [-0.05, 0) is 102 Å². The molecule has 2 saturated carbocycles. The monoisotopic (exact) mass is 992 g/mol. The maximum absolute atomic E-state index is 14.1. The number of hydrogen-bond acceptors (Lipinski definition) is 13. The van der Waals surface area contributed by atoms with E-state index in [-0.39, 0.29) is 71.3 Å². The molecular weight excluding hydrogens is 920 g/mol. The maximum Gasteiger partial charge on any atom is 0.416 e. The highest BCUT2D eigenvalue weighted by molar-refractivity contribution is 5.93. The number of halogens is 3. The summed E-state index contributed by atoms with van der Waals surface area (Å²) in [6.45, 7) is 11.7. The second kappa shape index (κ2) is 23.7. The van der Waals surface area contributed by atoms with Crippen LogP contribution in [0.2, 0.25) is 0 Å². The largest absolute Gasteiger partial charge is 0.416 e. The number of anilines is 1. The van der Waals surface area contributed by atoms with E-state index in [1.165, 1.54) is 12.4 Å². The summed E-state index contributed by atoms with van der Waals surface area (Å²) in [7, 11) is 3.84. The molecule has 1 aromatic carbocycles. The first-order valence-corrected chi connectivity index (χ1v) is 25.6. The first-order valence-electron chi connectivity index (χ1n) is 25.6. The molecule has 0 radical (unpaired) electrons. The van der Waals surface area contributed by atoms with Gasteiger partial charge in [0, 0.05) is 101 Å². The highest BCUT2D eigenvalue weighted by Gasteiger charge is 2.45. The first kappa shape index (κ1) is 52.3. The zero-order chi connectivity index (χ0) is 50.2. The molecule has 0 unspecified atom stereocenters. The van der Waals surface area contributed by atoms with Crippen molar-refractivity contribution < 1.29 is 41.8 Å². The predicted octanol–water partition coefficient (Wildman–Crippen LogP) is 4.35. The molecule has 8 rings (SSSR count). The number of amides is 4. The van der Waals surface area contributed by atoms with Crippen molar-refractivity contribution in [2.45, 2.75) is 120 Å². The van der Waals surface area contributed by atoms with Gasteiger partial charge in [0.15, 0.2) is 0 Å². The number of carbonyl (C=O) groups is 4. The Morgan fingerprint density at radius 3 is 2.38 bits per heavy atom. The van der Waals surface area contributed by atoms with Crippen molar-refractivity contribution in [3.8, 4) is 0 Å². The summed E-state index contributed by atoms with van der Waals surface area (Å²) in [6, 6.07) is 6.62. The number of benzene rings is 1.